The third-order valence-corrected chi connectivity index (χ3v) is 5.83. The molecule has 2 atom stereocenters. The summed E-state index contributed by atoms with van der Waals surface area (Å²) in [6.45, 7) is 4.22. The number of hydrogen-bond donors (Lipinski definition) is 1. The standard InChI is InChI=1S/C22H20O2S.IPS/c1-14-12-15(2)20-19(13-14)25-22(17-6-4-3-5-7-17)21(24-20)16-8-10-18(23)11-9-16;1-2-3/h3-13,21-23H,1-2H3;/t21-,22+;/m1./s1/i/hT. The van der Waals surface area contributed by atoms with E-state index in [-0.39, 0.29) is 11.4 Å². The Morgan fingerprint density at radius 1 is 1.07 bits per heavy atom. The number of thioether (sulfide) groups is 1. The highest BCUT2D eigenvalue weighted by Gasteiger charge is 2.34. The van der Waals surface area contributed by atoms with E-state index in [9.17, 15) is 0 Å². The summed E-state index contributed by atoms with van der Waals surface area (Å²) in [4.78, 5) is 2.16. The van der Waals surface area contributed by atoms with Crippen molar-refractivity contribution in [2.75, 3.05) is 0 Å². The Morgan fingerprint density at radius 2 is 1.75 bits per heavy atom. The third kappa shape index (κ3) is 5.07. The molecule has 4 rings (SSSR count). The molecule has 1 aliphatic rings. The Kier molecular flexibility index (Phi) is 7.24. The molecule has 1 heterocycles. The van der Waals surface area contributed by atoms with E-state index in [4.69, 9.17) is 6.17 Å². The van der Waals surface area contributed by atoms with Gasteiger partial charge in [-0.1, -0.05) is 48.5 Å². The molecule has 3 aromatic rings. The van der Waals surface area contributed by atoms with Crippen LogP contribution < -0.4 is 4.74 Å². The van der Waals surface area contributed by atoms with Gasteiger partial charge >= 0.3 is 0 Å². The molecule has 0 aliphatic carbocycles. The van der Waals surface area contributed by atoms with Crippen molar-refractivity contribution in [2.45, 2.75) is 30.1 Å². The van der Waals surface area contributed by atoms with Crippen molar-refractivity contribution < 1.29 is 9.85 Å². The fraction of sp³-hybridized carbons (Fsp3) is 0.182. The second-order valence-corrected chi connectivity index (χ2v) is 11.8. The molecule has 6 heteroatoms. The van der Waals surface area contributed by atoms with E-state index < -0.39 is 0 Å². The third-order valence-electron chi connectivity index (χ3n) is 4.50. The maximum absolute atomic E-state index is 7.04. The number of hydrogen-bond acceptors (Lipinski definition) is 4. The summed E-state index contributed by atoms with van der Waals surface area (Å²) in [6.07, 6.45) is -0.101. The van der Waals surface area contributed by atoms with Gasteiger partial charge in [0.1, 0.15) is 17.6 Å². The molecule has 3 aromatic carbocycles. The summed E-state index contributed by atoms with van der Waals surface area (Å²) >= 11 is 8.29. The average molecular weight is 540 g/mol. The number of phenols is 1. The van der Waals surface area contributed by atoms with Crippen LogP contribution in [0.1, 0.15) is 33.6 Å². The number of aromatic hydroxyl groups is 1. The van der Waals surface area contributed by atoms with Crippen molar-refractivity contribution in [3.63, 3.8) is 0 Å². The summed E-state index contributed by atoms with van der Waals surface area (Å²) in [5, 5.41) is 4.72. The fourth-order valence-electron chi connectivity index (χ4n) is 3.33. The van der Waals surface area contributed by atoms with Gasteiger partial charge in [0, 0.05) is 5.00 Å². The molecular formula is C22H20IO2PS2. The van der Waals surface area contributed by atoms with Crippen LogP contribution in [0.3, 0.4) is 0 Å². The van der Waals surface area contributed by atoms with Gasteiger partial charge < -0.3 is 9.85 Å². The van der Waals surface area contributed by atoms with E-state index in [2.05, 4.69) is 89.2 Å². The number of halogens is 1. The fourth-order valence-corrected chi connectivity index (χ4v) is 4.80. The Hall–Kier alpha value is -1.14. The average Bonchev–Trinajstić information content (AvgIpc) is 2.74. The van der Waals surface area contributed by atoms with Crippen molar-refractivity contribution in [3.05, 3.63) is 89.0 Å². The van der Waals surface area contributed by atoms with Crippen LogP contribution in [0.5, 0.6) is 11.5 Å². The van der Waals surface area contributed by atoms with Crippen LogP contribution >= 0.6 is 38.8 Å². The molecule has 0 saturated heterocycles. The number of ether oxygens (including phenoxy) is 1. The Labute approximate surface area is 191 Å². The molecule has 0 aromatic heterocycles. The quantitative estimate of drug-likeness (QED) is 0.272. The summed E-state index contributed by atoms with van der Waals surface area (Å²) in [7, 11) is 0. The number of fused-ring (bicyclic) bond motifs is 1. The minimum atomic E-state index is -0.101. The summed E-state index contributed by atoms with van der Waals surface area (Å²) in [5.74, 6) is 1.50. The number of rotatable bonds is 3. The highest BCUT2D eigenvalue weighted by Crippen LogP contribution is 2.54. The summed E-state index contributed by atoms with van der Waals surface area (Å²) in [5.41, 5.74) is 4.74. The molecule has 144 valence electrons. The first-order chi connectivity index (χ1) is 14.1. The predicted molar refractivity (Wildman–Crippen MR) is 131 cm³/mol. The molecule has 1 aliphatic heterocycles. The largest absolute Gasteiger partial charge is 0.508 e. The zero-order chi connectivity index (χ0) is 20.8. The highest BCUT2D eigenvalue weighted by molar-refractivity contribution is 14.2. The molecule has 2 nitrogen and oxygen atoms in total. The van der Waals surface area contributed by atoms with Gasteiger partial charge in [-0.3, -0.25) is 0 Å². The normalized spacial score (nSPS) is 18.2. The lowest BCUT2D eigenvalue weighted by Crippen LogP contribution is -2.20. The van der Waals surface area contributed by atoms with E-state index in [0.29, 0.717) is 5.75 Å². The zero-order valence-corrected chi connectivity index (χ0v) is 20.1. The van der Waals surface area contributed by atoms with Crippen LogP contribution in [0.2, 0.25) is 0 Å². The highest BCUT2D eigenvalue weighted by atomic mass is 127. The smallest absolute Gasteiger partial charge is 0.293 e. The molecule has 0 fully saturated rings. The lowest BCUT2D eigenvalue weighted by molar-refractivity contribution is 0.189. The molecule has 0 unspecified atom stereocenters. The number of phenolic OH excluding ortho intramolecular Hbond substituents is 1. The molecule has 0 amide bonds. The van der Waals surface area contributed by atoms with Gasteiger partial charge in [0.15, 0.2) is 0 Å². The van der Waals surface area contributed by atoms with Gasteiger partial charge in [-0.25, -0.2) is 0 Å². The van der Waals surface area contributed by atoms with Crippen molar-refractivity contribution in [1.29, 1.82) is 1.43 Å². The van der Waals surface area contributed by atoms with E-state index in [1.807, 2.05) is 42.1 Å². The van der Waals surface area contributed by atoms with Crippen molar-refractivity contribution in [2.24, 2.45) is 0 Å². The van der Waals surface area contributed by atoms with Crippen LogP contribution in [-0.2, 0) is 11.8 Å². The van der Waals surface area contributed by atoms with Crippen LogP contribution in [0.25, 0.3) is 0 Å². The van der Waals surface area contributed by atoms with E-state index in [1.54, 1.807) is 0 Å². The van der Waals surface area contributed by atoms with Crippen LogP contribution in [-0.4, -0.2) is 6.54 Å². The number of aryl methyl sites for hydroxylation is 2. The summed E-state index contributed by atoms with van der Waals surface area (Å²) < 4.78 is 13.6. The lowest BCUT2D eigenvalue weighted by atomic mass is 9.99. The van der Waals surface area contributed by atoms with Crippen LogP contribution in [0.15, 0.2) is 71.6 Å². The van der Waals surface area contributed by atoms with Gasteiger partial charge in [0.25, 0.3) is 1.43 Å². The Bertz CT molecular complexity index is 971. The van der Waals surface area contributed by atoms with E-state index in [1.165, 1.54) is 16.0 Å². The second kappa shape index (κ2) is 10.1. The van der Waals surface area contributed by atoms with Crippen molar-refractivity contribution in [3.8, 4) is 11.5 Å². The zero-order valence-electron chi connectivity index (χ0n) is 16.5. The molecule has 28 heavy (non-hydrogen) atoms. The van der Waals surface area contributed by atoms with E-state index in [0.717, 1.165) is 21.9 Å². The Morgan fingerprint density at radius 3 is 2.39 bits per heavy atom. The monoisotopic (exact) mass is 540 g/mol. The minimum absolute atomic E-state index is 0.101. The first kappa shape index (κ1) is 20.1. The molecule has 0 saturated carbocycles. The first-order valence-corrected chi connectivity index (χ1v) is 14.3. The number of benzene rings is 3. The van der Waals surface area contributed by atoms with E-state index >= 15 is 0 Å². The topological polar surface area (TPSA) is 29.5 Å². The van der Waals surface area contributed by atoms with Gasteiger partial charge in [0.05, 0.1) is 10.1 Å². The van der Waals surface area contributed by atoms with Gasteiger partial charge in [-0.05, 0) is 88.1 Å². The molecule has 0 spiro atoms. The van der Waals surface area contributed by atoms with Crippen molar-refractivity contribution in [1.82, 2.24) is 0 Å². The molecule has 0 radical (unpaired) electrons. The molecular weight excluding hydrogens is 518 g/mol. The maximum atomic E-state index is 7.04. The maximum Gasteiger partial charge on any atom is 0.293 e. The second-order valence-electron chi connectivity index (χ2n) is 6.53. The van der Waals surface area contributed by atoms with Gasteiger partial charge in [0.2, 0.25) is 0 Å². The SMILES string of the molecule is S=PI.[3H]Oc1ccc([C@H]2Oc3c(C)cc(C)cc3S[C@H]2c2ccccc2)cc1. The molecule has 0 bridgehead atoms. The molecule has 1 N–H and O–H groups in total. The van der Waals surface area contributed by atoms with Crippen LogP contribution in [0, 0.1) is 13.8 Å². The summed E-state index contributed by atoms with van der Waals surface area (Å²) in [6, 6.07) is 22.5. The minimum Gasteiger partial charge on any atom is -0.508 e. The lowest BCUT2D eigenvalue weighted by Gasteiger charge is -2.35. The van der Waals surface area contributed by atoms with Crippen molar-refractivity contribution >= 4 is 50.6 Å². The predicted octanol–water partition coefficient (Wildman–Crippen LogP) is 7.72. The Balaban J connectivity index is 0.000000755. The first-order valence-electron chi connectivity index (χ1n) is 9.14. The van der Waals surface area contributed by atoms with Gasteiger partial charge in [-0.15, -0.1) is 11.8 Å². The van der Waals surface area contributed by atoms with Crippen LogP contribution in [0.4, 0.5) is 0 Å². The van der Waals surface area contributed by atoms with Gasteiger partial charge in [-0.2, -0.15) is 0 Å².